The van der Waals surface area contributed by atoms with Crippen molar-refractivity contribution in [1.29, 1.82) is 0 Å². The molecule has 1 N–H and O–H groups in total. The monoisotopic (exact) mass is 419 g/mol. The van der Waals surface area contributed by atoms with Crippen LogP contribution in [-0.4, -0.2) is 15.3 Å². The highest BCUT2D eigenvalue weighted by Gasteiger charge is 2.54. The number of aryl methyl sites for hydroxylation is 1. The maximum Gasteiger partial charge on any atom is 0.231 e. The van der Waals surface area contributed by atoms with E-state index in [4.69, 9.17) is 16.6 Å². The first-order valence-electron chi connectivity index (χ1n) is 11.1. The number of hydrogen-bond donors (Lipinski definition) is 1. The Kier molecular flexibility index (Phi) is 4.05. The number of carbonyl (C=O) groups is 1. The van der Waals surface area contributed by atoms with Crippen LogP contribution in [0.2, 0.25) is 5.02 Å². The zero-order valence-corrected chi connectivity index (χ0v) is 18.0. The number of hydrogen-bond acceptors (Lipinski definition) is 2. The molecule has 4 aliphatic rings. The summed E-state index contributed by atoms with van der Waals surface area (Å²) in [4.78, 5) is 18.6. The molecular formula is C25H26ClN3O. The molecule has 0 unspecified atom stereocenters. The minimum absolute atomic E-state index is 0.187. The zero-order valence-electron chi connectivity index (χ0n) is 17.2. The summed E-state index contributed by atoms with van der Waals surface area (Å²) in [6, 6.07) is 11.8. The van der Waals surface area contributed by atoms with E-state index in [1.54, 1.807) is 0 Å². The molecule has 1 amide bonds. The minimum atomic E-state index is -0.199. The number of amides is 1. The third-order valence-electron chi connectivity index (χ3n) is 7.63. The van der Waals surface area contributed by atoms with Gasteiger partial charge in [0.15, 0.2) is 0 Å². The molecule has 0 aliphatic heterocycles. The van der Waals surface area contributed by atoms with Crippen molar-refractivity contribution in [3.05, 3.63) is 53.2 Å². The van der Waals surface area contributed by atoms with Crippen LogP contribution in [0.5, 0.6) is 0 Å². The predicted octanol–water partition coefficient (Wildman–Crippen LogP) is 6.12. The zero-order chi connectivity index (χ0) is 20.5. The molecular weight excluding hydrogens is 394 g/mol. The van der Waals surface area contributed by atoms with Gasteiger partial charge in [-0.05, 0) is 93.0 Å². The number of anilines is 1. The lowest BCUT2D eigenvalue weighted by Crippen LogP contribution is -2.51. The van der Waals surface area contributed by atoms with Crippen molar-refractivity contribution in [3.8, 4) is 11.3 Å². The number of benzene rings is 1. The summed E-state index contributed by atoms with van der Waals surface area (Å²) in [6.45, 7) is 2.06. The smallest absolute Gasteiger partial charge is 0.231 e. The van der Waals surface area contributed by atoms with E-state index in [1.165, 1.54) is 19.3 Å². The first-order chi connectivity index (χ1) is 14.5. The molecule has 1 aromatic carbocycles. The molecule has 4 saturated carbocycles. The maximum atomic E-state index is 13.7. The van der Waals surface area contributed by atoms with E-state index in [0.29, 0.717) is 5.02 Å². The van der Waals surface area contributed by atoms with E-state index in [1.807, 2.05) is 34.9 Å². The molecule has 0 spiro atoms. The molecule has 2 aromatic heterocycles. The fourth-order valence-corrected chi connectivity index (χ4v) is 6.92. The first-order valence-corrected chi connectivity index (χ1v) is 11.4. The van der Waals surface area contributed by atoms with Gasteiger partial charge in [0.25, 0.3) is 0 Å². The van der Waals surface area contributed by atoms with Gasteiger partial charge in [-0.15, -0.1) is 0 Å². The number of nitrogens with zero attached hydrogens (tertiary/aromatic N) is 2. The molecule has 4 fully saturated rings. The van der Waals surface area contributed by atoms with Crippen molar-refractivity contribution in [3.63, 3.8) is 0 Å². The van der Waals surface area contributed by atoms with Gasteiger partial charge >= 0.3 is 0 Å². The average Bonchev–Trinajstić information content (AvgIpc) is 3.04. The summed E-state index contributed by atoms with van der Waals surface area (Å²) in [6.07, 6.45) is 9.13. The van der Waals surface area contributed by atoms with Crippen molar-refractivity contribution in [1.82, 2.24) is 9.38 Å². The van der Waals surface area contributed by atoms with Crippen molar-refractivity contribution in [2.24, 2.45) is 23.2 Å². The molecule has 0 radical (unpaired) electrons. The van der Waals surface area contributed by atoms with Gasteiger partial charge in [-0.1, -0.05) is 23.7 Å². The van der Waals surface area contributed by atoms with Gasteiger partial charge in [-0.3, -0.25) is 9.20 Å². The van der Waals surface area contributed by atoms with Crippen LogP contribution in [0.1, 0.15) is 44.1 Å². The normalized spacial score (nSPS) is 29.5. The van der Waals surface area contributed by atoms with Gasteiger partial charge in [0, 0.05) is 16.8 Å². The molecule has 7 rings (SSSR count). The largest absolute Gasteiger partial charge is 0.309 e. The van der Waals surface area contributed by atoms with Gasteiger partial charge in [0.05, 0.1) is 5.41 Å². The van der Waals surface area contributed by atoms with Crippen molar-refractivity contribution in [2.45, 2.75) is 45.4 Å². The van der Waals surface area contributed by atoms with E-state index in [2.05, 4.69) is 24.4 Å². The second-order valence-corrected chi connectivity index (χ2v) is 10.3. The maximum absolute atomic E-state index is 13.7. The fraction of sp³-hybridized carbons (Fsp3) is 0.440. The molecule has 2 heterocycles. The Morgan fingerprint density at radius 2 is 1.80 bits per heavy atom. The van der Waals surface area contributed by atoms with Crippen LogP contribution in [0, 0.1) is 30.1 Å². The fourth-order valence-electron chi connectivity index (χ4n) is 6.73. The van der Waals surface area contributed by atoms with Gasteiger partial charge < -0.3 is 5.32 Å². The van der Waals surface area contributed by atoms with Gasteiger partial charge in [-0.25, -0.2) is 4.98 Å². The second kappa shape index (κ2) is 6.58. The Morgan fingerprint density at radius 1 is 1.10 bits per heavy atom. The van der Waals surface area contributed by atoms with Gasteiger partial charge in [0.1, 0.15) is 17.2 Å². The second-order valence-electron chi connectivity index (χ2n) is 9.90. The summed E-state index contributed by atoms with van der Waals surface area (Å²) in [5, 5.41) is 4.01. The van der Waals surface area contributed by atoms with Crippen LogP contribution >= 0.6 is 11.6 Å². The predicted molar refractivity (Wildman–Crippen MR) is 120 cm³/mol. The summed E-state index contributed by atoms with van der Waals surface area (Å²) in [7, 11) is 0. The average molecular weight is 420 g/mol. The summed E-state index contributed by atoms with van der Waals surface area (Å²) in [5.74, 6) is 3.15. The highest BCUT2D eigenvalue weighted by molar-refractivity contribution is 6.30. The molecule has 4 nitrogen and oxygen atoms in total. The first kappa shape index (κ1) is 18.4. The van der Waals surface area contributed by atoms with E-state index in [-0.39, 0.29) is 11.3 Å². The molecule has 154 valence electrons. The Balaban J connectivity index is 1.43. The van der Waals surface area contributed by atoms with E-state index >= 15 is 0 Å². The number of halogens is 1. The number of imidazole rings is 1. The lowest BCUT2D eigenvalue weighted by atomic mass is 9.49. The van der Waals surface area contributed by atoms with E-state index in [0.717, 1.165) is 65.3 Å². The Morgan fingerprint density at radius 3 is 2.47 bits per heavy atom. The number of nitrogens with one attached hydrogen (secondary N) is 1. The molecule has 5 heteroatoms. The third-order valence-corrected chi connectivity index (χ3v) is 7.87. The van der Waals surface area contributed by atoms with Crippen LogP contribution in [-0.2, 0) is 4.79 Å². The molecule has 0 saturated heterocycles. The van der Waals surface area contributed by atoms with Gasteiger partial charge in [-0.2, -0.15) is 0 Å². The highest BCUT2D eigenvalue weighted by Crippen LogP contribution is 2.60. The third kappa shape index (κ3) is 2.88. The van der Waals surface area contributed by atoms with Crippen LogP contribution in [0.25, 0.3) is 16.9 Å². The number of fused-ring (bicyclic) bond motifs is 1. The van der Waals surface area contributed by atoms with Crippen molar-refractivity contribution in [2.75, 3.05) is 5.32 Å². The Bertz CT molecular complexity index is 1130. The summed E-state index contributed by atoms with van der Waals surface area (Å²) < 4.78 is 2.00. The van der Waals surface area contributed by atoms with E-state index in [9.17, 15) is 4.79 Å². The van der Waals surface area contributed by atoms with Crippen LogP contribution in [0.15, 0.2) is 42.6 Å². The molecule has 30 heavy (non-hydrogen) atoms. The number of pyridine rings is 1. The van der Waals surface area contributed by atoms with Crippen LogP contribution < -0.4 is 5.32 Å². The lowest BCUT2D eigenvalue weighted by Gasteiger charge is -2.55. The van der Waals surface area contributed by atoms with Crippen molar-refractivity contribution >= 4 is 29.0 Å². The van der Waals surface area contributed by atoms with Gasteiger partial charge in [0.2, 0.25) is 5.91 Å². The molecule has 0 atom stereocenters. The topological polar surface area (TPSA) is 46.4 Å². The van der Waals surface area contributed by atoms with Crippen LogP contribution in [0.3, 0.4) is 0 Å². The Hall–Kier alpha value is -2.33. The molecule has 4 aliphatic carbocycles. The number of carbonyl (C=O) groups excluding carboxylic acids is 1. The van der Waals surface area contributed by atoms with Crippen LogP contribution in [0.4, 0.5) is 5.82 Å². The summed E-state index contributed by atoms with van der Waals surface area (Å²) in [5.41, 5.74) is 3.48. The quantitative estimate of drug-likeness (QED) is 0.556. The lowest BCUT2D eigenvalue weighted by molar-refractivity contribution is -0.140. The highest BCUT2D eigenvalue weighted by atomic mass is 35.5. The number of rotatable bonds is 3. The minimum Gasteiger partial charge on any atom is -0.309 e. The molecule has 4 bridgehead atoms. The number of aromatic nitrogens is 2. The van der Waals surface area contributed by atoms with E-state index < -0.39 is 0 Å². The SMILES string of the molecule is Cc1ccn2c(NC(=O)C34CC5CC(CC(C5)C3)C4)c(-c3cccc(Cl)c3)nc2c1. The Labute approximate surface area is 181 Å². The summed E-state index contributed by atoms with van der Waals surface area (Å²) >= 11 is 6.27. The van der Waals surface area contributed by atoms with Crippen molar-refractivity contribution < 1.29 is 4.79 Å². The standard InChI is InChI=1S/C25H26ClN3O/c1-15-5-6-29-21(7-15)27-22(19-3-2-4-20(26)11-19)23(29)28-24(30)25-12-16-8-17(13-25)10-18(9-16)14-25/h2-7,11,16-18H,8-10,12-14H2,1H3,(H,28,30). The molecule has 3 aromatic rings.